The summed E-state index contributed by atoms with van der Waals surface area (Å²) in [5.41, 5.74) is 0. The smallest absolute Gasteiger partial charge is 0.134 e. The van der Waals surface area contributed by atoms with Crippen LogP contribution >= 0.6 is 0 Å². The normalized spacial score (nSPS) is 43.6. The highest BCUT2D eigenvalue weighted by atomic mass is 19.2. The summed E-state index contributed by atoms with van der Waals surface area (Å²) in [4.78, 5) is 0. The van der Waals surface area contributed by atoms with Crippen molar-refractivity contribution in [2.75, 3.05) is 0 Å². The monoisotopic (exact) mass is 540 g/mol. The van der Waals surface area contributed by atoms with E-state index in [9.17, 15) is 9.50 Å². The molecule has 38 heavy (non-hydrogen) atoms. The van der Waals surface area contributed by atoms with E-state index in [1.54, 1.807) is 0 Å². The first-order chi connectivity index (χ1) is 18.4. The second kappa shape index (κ2) is 15.1. The molecule has 0 aliphatic heterocycles. The molecule has 0 heterocycles. The van der Waals surface area contributed by atoms with Crippen molar-refractivity contribution in [3.63, 3.8) is 0 Å². The maximum absolute atomic E-state index is 15.3. The first kappa shape index (κ1) is 30.7. The summed E-state index contributed by atoms with van der Waals surface area (Å²) in [7, 11) is 0. The van der Waals surface area contributed by atoms with Crippen molar-refractivity contribution >= 4 is 0 Å². The van der Waals surface area contributed by atoms with Gasteiger partial charge in [-0.15, -0.1) is 0 Å². The van der Waals surface area contributed by atoms with Gasteiger partial charge in [0, 0.05) is 0 Å². The number of halogens is 3. The number of unbranched alkanes of at least 4 members (excludes halogenated alkanes) is 1. The van der Waals surface area contributed by atoms with Crippen LogP contribution in [0.1, 0.15) is 142 Å². The van der Waals surface area contributed by atoms with Crippen LogP contribution in [0.15, 0.2) is 0 Å². The molecule has 8 unspecified atom stereocenters. The van der Waals surface area contributed by atoms with Gasteiger partial charge in [0.15, 0.2) is 0 Å². The van der Waals surface area contributed by atoms with Crippen molar-refractivity contribution in [3.8, 4) is 0 Å². The zero-order chi connectivity index (χ0) is 27.1. The lowest BCUT2D eigenvalue weighted by molar-refractivity contribution is -0.0218. The molecule has 4 saturated carbocycles. The second-order valence-electron chi connectivity index (χ2n) is 14.3. The molecule has 222 valence electrons. The van der Waals surface area contributed by atoms with Crippen molar-refractivity contribution in [1.82, 2.24) is 0 Å². The highest BCUT2D eigenvalue weighted by molar-refractivity contribution is 4.93. The molecule has 0 spiro atoms. The summed E-state index contributed by atoms with van der Waals surface area (Å²) < 4.78 is 45.3. The summed E-state index contributed by atoms with van der Waals surface area (Å²) in [6.07, 6.45) is 16.8. The lowest BCUT2D eigenvalue weighted by atomic mass is 9.66. The highest BCUT2D eigenvalue weighted by Gasteiger charge is 2.44. The molecule has 0 radical (unpaired) electrons. The van der Waals surface area contributed by atoms with Gasteiger partial charge >= 0.3 is 0 Å². The van der Waals surface area contributed by atoms with Gasteiger partial charge in [-0.25, -0.2) is 13.2 Å². The Balaban J connectivity index is 1.14. The Morgan fingerprint density at radius 1 is 0.632 bits per heavy atom. The fraction of sp³-hybridized carbons (Fsp3) is 1.00. The molecule has 4 aliphatic rings. The first-order valence-electron chi connectivity index (χ1n) is 17.0. The molecule has 0 aromatic rings. The molecule has 4 aliphatic carbocycles. The van der Waals surface area contributed by atoms with Gasteiger partial charge in [-0.3, -0.25) is 0 Å². The maximum Gasteiger partial charge on any atom is 0.134 e. The molecule has 4 fully saturated rings. The lowest BCUT2D eigenvalue weighted by Gasteiger charge is -2.42. The molecule has 0 aromatic carbocycles. The predicted molar refractivity (Wildman–Crippen MR) is 152 cm³/mol. The Bertz CT molecular complexity index is 656. The van der Waals surface area contributed by atoms with Crippen LogP contribution in [0.25, 0.3) is 0 Å². The fourth-order valence-corrected chi connectivity index (χ4v) is 9.38. The summed E-state index contributed by atoms with van der Waals surface area (Å²) in [6, 6.07) is 0. The van der Waals surface area contributed by atoms with Crippen molar-refractivity contribution < 1.29 is 18.3 Å². The third-order valence-corrected chi connectivity index (χ3v) is 12.0. The molecule has 4 rings (SSSR count). The number of aliphatic hydroxyl groups excluding tert-OH is 1. The first-order valence-corrected chi connectivity index (χ1v) is 17.0. The molecule has 0 saturated heterocycles. The Hall–Kier alpha value is -0.250. The van der Waals surface area contributed by atoms with Crippen LogP contribution in [-0.2, 0) is 0 Å². The molecular weight excluding hydrogens is 481 g/mol. The van der Waals surface area contributed by atoms with Crippen LogP contribution in [0.5, 0.6) is 0 Å². The van der Waals surface area contributed by atoms with E-state index >= 15 is 8.78 Å². The van der Waals surface area contributed by atoms with Crippen molar-refractivity contribution in [2.24, 2.45) is 47.3 Å². The van der Waals surface area contributed by atoms with Gasteiger partial charge in [0.25, 0.3) is 0 Å². The Morgan fingerprint density at radius 2 is 1.29 bits per heavy atom. The Labute approximate surface area is 232 Å². The minimum atomic E-state index is -1.36. The average molecular weight is 541 g/mol. The van der Waals surface area contributed by atoms with Crippen LogP contribution in [0.4, 0.5) is 13.2 Å². The Kier molecular flexibility index (Phi) is 12.2. The maximum atomic E-state index is 15.3. The highest BCUT2D eigenvalue weighted by Crippen LogP contribution is 2.47. The molecule has 1 nitrogen and oxygen atoms in total. The SMILES string of the molecule is CCCCC1CCC(C2CCC(C(O)CCC3CCC(C4CCC(CCC)CC4)C(F)C3F)CC2)CC1F. The molecule has 0 amide bonds. The molecule has 0 aromatic heterocycles. The molecule has 8 atom stereocenters. The number of rotatable bonds is 11. The van der Waals surface area contributed by atoms with Gasteiger partial charge in [0.05, 0.1) is 6.10 Å². The average Bonchev–Trinajstić information content (AvgIpc) is 2.94. The summed E-state index contributed by atoms with van der Waals surface area (Å²) in [6.45, 7) is 4.42. The third kappa shape index (κ3) is 7.94. The molecule has 0 bridgehead atoms. The summed E-state index contributed by atoms with van der Waals surface area (Å²) in [5.74, 6) is 2.55. The van der Waals surface area contributed by atoms with Gasteiger partial charge in [-0.05, 0) is 137 Å². The lowest BCUT2D eigenvalue weighted by Crippen LogP contribution is -2.42. The minimum absolute atomic E-state index is 0.0883. The number of alkyl halides is 3. The number of aliphatic hydroxyl groups is 1. The van der Waals surface area contributed by atoms with E-state index in [1.807, 2.05) is 0 Å². The van der Waals surface area contributed by atoms with Crippen LogP contribution in [0.3, 0.4) is 0 Å². The summed E-state index contributed by atoms with van der Waals surface area (Å²) in [5, 5.41) is 11.0. The van der Waals surface area contributed by atoms with E-state index in [0.29, 0.717) is 30.6 Å². The fourth-order valence-electron chi connectivity index (χ4n) is 9.38. The zero-order valence-corrected chi connectivity index (χ0v) is 24.7. The third-order valence-electron chi connectivity index (χ3n) is 12.0. The van der Waals surface area contributed by atoms with Gasteiger partial charge in [0.2, 0.25) is 0 Å². The minimum Gasteiger partial charge on any atom is -0.393 e. The van der Waals surface area contributed by atoms with Crippen molar-refractivity contribution in [1.29, 1.82) is 0 Å². The van der Waals surface area contributed by atoms with Crippen molar-refractivity contribution in [3.05, 3.63) is 0 Å². The molecule has 1 N–H and O–H groups in total. The van der Waals surface area contributed by atoms with E-state index in [4.69, 9.17) is 0 Å². The van der Waals surface area contributed by atoms with Gasteiger partial charge < -0.3 is 5.11 Å². The standard InChI is InChI=1S/C34H59F3O/c1-3-5-7-26-14-17-29(22-31(26)35)24-12-15-27(16-13-24)32(38)21-19-28-18-20-30(34(37)33(28)36)25-10-8-23(6-4-2)9-11-25/h23-34,38H,3-22H2,1-2H3. The van der Waals surface area contributed by atoms with E-state index < -0.39 is 24.6 Å². The number of hydrogen-bond acceptors (Lipinski definition) is 1. The van der Waals surface area contributed by atoms with Gasteiger partial charge in [0.1, 0.15) is 18.5 Å². The van der Waals surface area contributed by atoms with Gasteiger partial charge in [-0.2, -0.15) is 0 Å². The van der Waals surface area contributed by atoms with Crippen molar-refractivity contribution in [2.45, 2.75) is 167 Å². The summed E-state index contributed by atoms with van der Waals surface area (Å²) >= 11 is 0. The quantitative estimate of drug-likeness (QED) is 0.276. The van der Waals surface area contributed by atoms with E-state index in [0.717, 1.165) is 89.4 Å². The van der Waals surface area contributed by atoms with E-state index in [2.05, 4.69) is 13.8 Å². The molecule has 4 heteroatoms. The van der Waals surface area contributed by atoms with E-state index in [1.165, 1.54) is 32.1 Å². The van der Waals surface area contributed by atoms with Crippen LogP contribution in [-0.4, -0.2) is 29.7 Å². The number of hydrogen-bond donors (Lipinski definition) is 1. The molecular formula is C34H59F3O. The van der Waals surface area contributed by atoms with E-state index in [-0.39, 0.29) is 23.7 Å². The second-order valence-corrected chi connectivity index (χ2v) is 14.3. The predicted octanol–water partition coefficient (Wildman–Crippen LogP) is 10.2. The Morgan fingerprint density at radius 3 is 1.95 bits per heavy atom. The largest absolute Gasteiger partial charge is 0.393 e. The topological polar surface area (TPSA) is 20.2 Å². The van der Waals surface area contributed by atoms with Crippen LogP contribution in [0, 0.1) is 47.3 Å². The van der Waals surface area contributed by atoms with Crippen LogP contribution < -0.4 is 0 Å². The van der Waals surface area contributed by atoms with Crippen LogP contribution in [0.2, 0.25) is 0 Å². The van der Waals surface area contributed by atoms with Gasteiger partial charge in [-0.1, -0.05) is 52.4 Å². The zero-order valence-electron chi connectivity index (χ0n) is 24.7.